The van der Waals surface area contributed by atoms with Crippen molar-refractivity contribution in [2.24, 2.45) is 5.92 Å². The van der Waals surface area contributed by atoms with Crippen molar-refractivity contribution in [1.29, 1.82) is 0 Å². The van der Waals surface area contributed by atoms with Crippen molar-refractivity contribution in [2.75, 3.05) is 13.1 Å². The van der Waals surface area contributed by atoms with E-state index in [1.807, 2.05) is 0 Å². The summed E-state index contributed by atoms with van der Waals surface area (Å²) in [6.07, 6.45) is 2.00. The van der Waals surface area contributed by atoms with Crippen molar-refractivity contribution in [2.45, 2.75) is 19.8 Å². The number of piperidine rings is 1. The molecule has 98 valence electrons. The highest BCUT2D eigenvalue weighted by Crippen LogP contribution is 2.24. The summed E-state index contributed by atoms with van der Waals surface area (Å²) in [5, 5.41) is -0.0443. The number of amides is 1. The lowest BCUT2D eigenvalue weighted by atomic mass is 9.99. The average Bonchev–Trinajstić information content (AvgIpc) is 2.33. The minimum atomic E-state index is -1.05. The summed E-state index contributed by atoms with van der Waals surface area (Å²) in [6.45, 7) is 3.33. The predicted molar refractivity (Wildman–Crippen MR) is 65.7 cm³/mol. The fourth-order valence-corrected chi connectivity index (χ4v) is 2.46. The Bertz CT molecular complexity index is 478. The molecule has 2 rings (SSSR count). The van der Waals surface area contributed by atoms with Gasteiger partial charge in [0.2, 0.25) is 0 Å². The Morgan fingerprint density at radius 3 is 2.72 bits per heavy atom. The summed E-state index contributed by atoms with van der Waals surface area (Å²) < 4.78 is 26.1. The monoisotopic (exact) mass is 273 g/mol. The summed E-state index contributed by atoms with van der Waals surface area (Å²) >= 11 is 5.80. The topological polar surface area (TPSA) is 20.3 Å². The van der Waals surface area contributed by atoms with Gasteiger partial charge in [0, 0.05) is 13.1 Å². The third-order valence-electron chi connectivity index (χ3n) is 3.18. The third kappa shape index (κ3) is 2.64. The SMILES string of the molecule is C[C@H]1CCCN(C(=O)c2cc(F)c(F)cc2Cl)C1. The number of benzene rings is 1. The number of hydrogen-bond acceptors (Lipinski definition) is 1. The van der Waals surface area contributed by atoms with Crippen LogP contribution in [-0.2, 0) is 0 Å². The van der Waals surface area contributed by atoms with E-state index >= 15 is 0 Å². The lowest BCUT2D eigenvalue weighted by Gasteiger charge is -2.31. The van der Waals surface area contributed by atoms with Crippen LogP contribution < -0.4 is 0 Å². The largest absolute Gasteiger partial charge is 0.338 e. The smallest absolute Gasteiger partial charge is 0.255 e. The summed E-state index contributed by atoms with van der Waals surface area (Å²) in [7, 11) is 0. The molecule has 1 amide bonds. The van der Waals surface area contributed by atoms with Crippen molar-refractivity contribution in [1.82, 2.24) is 4.90 Å². The van der Waals surface area contributed by atoms with E-state index in [0.29, 0.717) is 19.0 Å². The fourth-order valence-electron chi connectivity index (χ4n) is 2.23. The molecule has 0 unspecified atom stereocenters. The molecule has 0 aromatic heterocycles. The van der Waals surface area contributed by atoms with Gasteiger partial charge < -0.3 is 4.90 Å². The molecule has 5 heteroatoms. The summed E-state index contributed by atoms with van der Waals surface area (Å²) in [5.74, 6) is -1.99. The summed E-state index contributed by atoms with van der Waals surface area (Å²) in [5.41, 5.74) is 0.0321. The highest BCUT2D eigenvalue weighted by Gasteiger charge is 2.24. The molecule has 0 N–H and O–H groups in total. The number of halogens is 3. The van der Waals surface area contributed by atoms with Gasteiger partial charge in [-0.3, -0.25) is 4.79 Å². The van der Waals surface area contributed by atoms with Gasteiger partial charge >= 0.3 is 0 Å². The van der Waals surface area contributed by atoms with E-state index in [1.54, 1.807) is 4.90 Å². The number of rotatable bonds is 1. The minimum Gasteiger partial charge on any atom is -0.338 e. The van der Waals surface area contributed by atoms with E-state index in [9.17, 15) is 13.6 Å². The van der Waals surface area contributed by atoms with Crippen LogP contribution in [0.3, 0.4) is 0 Å². The summed E-state index contributed by atoms with van der Waals surface area (Å²) in [6, 6.07) is 1.72. The van der Waals surface area contributed by atoms with Gasteiger partial charge in [0.25, 0.3) is 5.91 Å². The molecule has 0 aliphatic carbocycles. The van der Waals surface area contributed by atoms with Gasteiger partial charge in [-0.05, 0) is 30.9 Å². The highest BCUT2D eigenvalue weighted by atomic mass is 35.5. The molecular weight excluding hydrogens is 260 g/mol. The highest BCUT2D eigenvalue weighted by molar-refractivity contribution is 6.33. The van der Waals surface area contributed by atoms with E-state index in [-0.39, 0.29) is 16.5 Å². The van der Waals surface area contributed by atoms with Crippen LogP contribution in [0.2, 0.25) is 5.02 Å². The van der Waals surface area contributed by atoms with Gasteiger partial charge in [-0.1, -0.05) is 18.5 Å². The first kappa shape index (κ1) is 13.3. The van der Waals surface area contributed by atoms with E-state index in [4.69, 9.17) is 11.6 Å². The maximum Gasteiger partial charge on any atom is 0.255 e. The number of nitrogens with zero attached hydrogens (tertiary/aromatic N) is 1. The Hall–Kier alpha value is -1.16. The van der Waals surface area contributed by atoms with Crippen molar-refractivity contribution in [3.63, 3.8) is 0 Å². The molecule has 1 heterocycles. The van der Waals surface area contributed by atoms with Crippen LogP contribution in [0.25, 0.3) is 0 Å². The molecular formula is C13H14ClF2NO. The fraction of sp³-hybridized carbons (Fsp3) is 0.462. The van der Waals surface area contributed by atoms with Crippen molar-refractivity contribution in [3.8, 4) is 0 Å². The zero-order chi connectivity index (χ0) is 13.3. The normalized spacial score (nSPS) is 20.0. The molecule has 1 aromatic rings. The zero-order valence-corrected chi connectivity index (χ0v) is 10.8. The van der Waals surface area contributed by atoms with Crippen molar-refractivity contribution in [3.05, 3.63) is 34.4 Å². The lowest BCUT2D eigenvalue weighted by Crippen LogP contribution is -2.39. The van der Waals surface area contributed by atoms with E-state index in [1.165, 1.54) is 0 Å². The molecule has 2 nitrogen and oxygen atoms in total. The molecule has 1 aliphatic heterocycles. The Morgan fingerprint density at radius 2 is 2.06 bits per heavy atom. The van der Waals surface area contributed by atoms with Crippen LogP contribution in [0.1, 0.15) is 30.1 Å². The Morgan fingerprint density at radius 1 is 1.39 bits per heavy atom. The van der Waals surface area contributed by atoms with Crippen molar-refractivity contribution >= 4 is 17.5 Å². The first-order valence-electron chi connectivity index (χ1n) is 5.93. The molecule has 0 saturated carbocycles. The van der Waals surface area contributed by atoms with Crippen molar-refractivity contribution < 1.29 is 13.6 Å². The molecule has 0 bridgehead atoms. The second-order valence-corrected chi connectivity index (χ2v) is 5.15. The second-order valence-electron chi connectivity index (χ2n) is 4.74. The van der Waals surface area contributed by atoms with Gasteiger partial charge in [0.05, 0.1) is 10.6 Å². The first-order valence-corrected chi connectivity index (χ1v) is 6.30. The van der Waals surface area contributed by atoms with Gasteiger partial charge in [-0.2, -0.15) is 0 Å². The number of carbonyl (C=O) groups excluding carboxylic acids is 1. The molecule has 0 radical (unpaired) electrons. The second kappa shape index (κ2) is 5.22. The van der Waals surface area contributed by atoms with Crippen LogP contribution in [0.4, 0.5) is 8.78 Å². The third-order valence-corrected chi connectivity index (χ3v) is 3.50. The van der Waals surface area contributed by atoms with Crippen LogP contribution in [-0.4, -0.2) is 23.9 Å². The lowest BCUT2D eigenvalue weighted by molar-refractivity contribution is 0.0682. The number of likely N-dealkylation sites (tertiary alicyclic amines) is 1. The maximum absolute atomic E-state index is 13.2. The predicted octanol–water partition coefficient (Wildman–Crippen LogP) is 3.49. The Labute approximate surface area is 110 Å². The molecule has 1 atom stereocenters. The standard InChI is InChI=1S/C13H14ClF2NO/c1-8-3-2-4-17(7-8)13(18)9-5-11(15)12(16)6-10(9)14/h5-6,8H,2-4,7H2,1H3/t8-/m0/s1. The van der Waals surface area contributed by atoms with Gasteiger partial charge in [0.1, 0.15) is 0 Å². The number of carbonyl (C=O) groups is 1. The molecule has 1 saturated heterocycles. The molecule has 18 heavy (non-hydrogen) atoms. The molecule has 1 aliphatic rings. The average molecular weight is 274 g/mol. The number of hydrogen-bond donors (Lipinski definition) is 0. The van der Waals surface area contributed by atoms with Crippen LogP contribution in [0.5, 0.6) is 0 Å². The van der Waals surface area contributed by atoms with Gasteiger partial charge in [-0.15, -0.1) is 0 Å². The van der Waals surface area contributed by atoms with Crippen LogP contribution in [0.15, 0.2) is 12.1 Å². The van der Waals surface area contributed by atoms with Crippen LogP contribution in [0, 0.1) is 17.6 Å². The van der Waals surface area contributed by atoms with E-state index in [0.717, 1.165) is 25.0 Å². The Balaban J connectivity index is 2.25. The van der Waals surface area contributed by atoms with Gasteiger partial charge in [0.15, 0.2) is 11.6 Å². The Kier molecular flexibility index (Phi) is 3.85. The van der Waals surface area contributed by atoms with E-state index in [2.05, 4.69) is 6.92 Å². The maximum atomic E-state index is 13.2. The molecule has 0 spiro atoms. The van der Waals surface area contributed by atoms with Crippen LogP contribution >= 0.6 is 11.6 Å². The van der Waals surface area contributed by atoms with E-state index < -0.39 is 11.6 Å². The molecule has 1 fully saturated rings. The summed E-state index contributed by atoms with van der Waals surface area (Å²) in [4.78, 5) is 13.8. The quantitative estimate of drug-likeness (QED) is 0.717. The molecule has 1 aromatic carbocycles. The van der Waals surface area contributed by atoms with Gasteiger partial charge in [-0.25, -0.2) is 8.78 Å². The minimum absolute atomic E-state index is 0.0321. The first-order chi connectivity index (χ1) is 8.49. The zero-order valence-electron chi connectivity index (χ0n) is 10.0.